The minimum atomic E-state index is 0.142. The molecule has 1 aliphatic heterocycles. The molecule has 1 N–H and O–H groups in total. The topological polar surface area (TPSA) is 43.3 Å². The van der Waals surface area contributed by atoms with Gasteiger partial charge in [0.05, 0.1) is 0 Å². The van der Waals surface area contributed by atoms with Crippen LogP contribution < -0.4 is 5.32 Å². The smallest absolute Gasteiger partial charge is 0.221 e. The molecule has 1 aromatic carbocycles. The standard InChI is InChI=1S/C18H24N2O2/c1-14-12-16-4-2-3-5-17(16)20(14)9-6-18(21)19-13-15-7-10-22-11-8-15/h2-5,12,15H,6-11,13H2,1H3,(H,19,21). The average molecular weight is 300 g/mol. The Morgan fingerprint density at radius 1 is 1.32 bits per heavy atom. The van der Waals surface area contributed by atoms with Crippen LogP contribution >= 0.6 is 0 Å². The molecule has 0 bridgehead atoms. The summed E-state index contributed by atoms with van der Waals surface area (Å²) in [6, 6.07) is 10.5. The van der Waals surface area contributed by atoms with Gasteiger partial charge in [-0.2, -0.15) is 0 Å². The lowest BCUT2D eigenvalue weighted by Crippen LogP contribution is -2.32. The monoisotopic (exact) mass is 300 g/mol. The number of aromatic nitrogens is 1. The van der Waals surface area contributed by atoms with Crippen LogP contribution in [0.5, 0.6) is 0 Å². The molecule has 22 heavy (non-hydrogen) atoms. The Labute approximate surface area is 131 Å². The van der Waals surface area contributed by atoms with Crippen LogP contribution in [0.3, 0.4) is 0 Å². The Morgan fingerprint density at radius 2 is 2.09 bits per heavy atom. The molecule has 1 amide bonds. The first-order chi connectivity index (χ1) is 10.7. The molecule has 0 unspecified atom stereocenters. The van der Waals surface area contributed by atoms with E-state index in [0.717, 1.165) is 39.1 Å². The van der Waals surface area contributed by atoms with Gasteiger partial charge >= 0.3 is 0 Å². The average Bonchev–Trinajstić information content (AvgIpc) is 2.87. The molecule has 2 heterocycles. The number of carbonyl (C=O) groups is 1. The Morgan fingerprint density at radius 3 is 2.91 bits per heavy atom. The Kier molecular flexibility index (Phi) is 4.78. The lowest BCUT2D eigenvalue weighted by Gasteiger charge is -2.22. The third-order valence-electron chi connectivity index (χ3n) is 4.51. The van der Waals surface area contributed by atoms with Crippen LogP contribution in [-0.4, -0.2) is 30.2 Å². The van der Waals surface area contributed by atoms with Gasteiger partial charge in [-0.05, 0) is 43.2 Å². The zero-order chi connectivity index (χ0) is 15.4. The molecular weight excluding hydrogens is 276 g/mol. The van der Waals surface area contributed by atoms with Crippen molar-refractivity contribution in [2.45, 2.75) is 32.7 Å². The number of amides is 1. The summed E-state index contributed by atoms with van der Waals surface area (Å²) in [6.45, 7) is 5.27. The summed E-state index contributed by atoms with van der Waals surface area (Å²) in [5.74, 6) is 0.718. The minimum absolute atomic E-state index is 0.142. The van der Waals surface area contributed by atoms with Gasteiger partial charge in [-0.15, -0.1) is 0 Å². The lowest BCUT2D eigenvalue weighted by atomic mass is 10.0. The van der Waals surface area contributed by atoms with Crippen molar-refractivity contribution in [3.05, 3.63) is 36.0 Å². The van der Waals surface area contributed by atoms with Crippen LogP contribution in [0.15, 0.2) is 30.3 Å². The van der Waals surface area contributed by atoms with Gasteiger partial charge in [-0.1, -0.05) is 18.2 Å². The second kappa shape index (κ2) is 6.97. The molecule has 0 spiro atoms. The molecule has 1 aromatic heterocycles. The maximum absolute atomic E-state index is 12.1. The molecule has 4 heteroatoms. The van der Waals surface area contributed by atoms with Crippen molar-refractivity contribution in [3.63, 3.8) is 0 Å². The van der Waals surface area contributed by atoms with E-state index in [9.17, 15) is 4.79 Å². The van der Waals surface area contributed by atoms with E-state index >= 15 is 0 Å². The zero-order valence-electron chi connectivity index (χ0n) is 13.2. The molecule has 0 saturated carbocycles. The first-order valence-electron chi connectivity index (χ1n) is 8.13. The van der Waals surface area contributed by atoms with Crippen LogP contribution in [0, 0.1) is 12.8 Å². The van der Waals surface area contributed by atoms with Gasteiger partial charge in [-0.25, -0.2) is 0 Å². The summed E-state index contributed by atoms with van der Waals surface area (Å²) in [6.07, 6.45) is 2.64. The summed E-state index contributed by atoms with van der Waals surface area (Å²) >= 11 is 0. The lowest BCUT2D eigenvalue weighted by molar-refractivity contribution is -0.121. The van der Waals surface area contributed by atoms with Crippen molar-refractivity contribution in [3.8, 4) is 0 Å². The maximum atomic E-state index is 12.1. The molecule has 3 rings (SSSR count). The van der Waals surface area contributed by atoms with E-state index in [1.807, 2.05) is 12.1 Å². The van der Waals surface area contributed by atoms with E-state index in [-0.39, 0.29) is 5.91 Å². The summed E-state index contributed by atoms with van der Waals surface area (Å²) in [5, 5.41) is 4.31. The number of rotatable bonds is 5. The van der Waals surface area contributed by atoms with Gasteiger partial charge in [0.25, 0.3) is 0 Å². The van der Waals surface area contributed by atoms with Crippen molar-refractivity contribution in [1.29, 1.82) is 0 Å². The van der Waals surface area contributed by atoms with Gasteiger partial charge in [0.15, 0.2) is 0 Å². The summed E-state index contributed by atoms with van der Waals surface area (Å²) in [4.78, 5) is 12.1. The van der Waals surface area contributed by atoms with Gasteiger partial charge in [0.1, 0.15) is 0 Å². The Bertz CT molecular complexity index is 642. The first kappa shape index (κ1) is 15.1. The fourth-order valence-electron chi connectivity index (χ4n) is 3.16. The van der Waals surface area contributed by atoms with Crippen LogP contribution in [0.2, 0.25) is 0 Å². The quantitative estimate of drug-likeness (QED) is 0.922. The molecule has 0 atom stereocenters. The van der Waals surface area contributed by atoms with E-state index in [1.165, 1.54) is 16.6 Å². The van der Waals surface area contributed by atoms with Gasteiger partial charge in [0, 0.05) is 43.9 Å². The largest absolute Gasteiger partial charge is 0.381 e. The number of aryl methyl sites for hydroxylation is 2. The molecule has 0 radical (unpaired) electrons. The molecule has 1 saturated heterocycles. The van der Waals surface area contributed by atoms with Crippen LogP contribution in [0.25, 0.3) is 10.9 Å². The number of nitrogens with zero attached hydrogens (tertiary/aromatic N) is 1. The van der Waals surface area contributed by atoms with Crippen molar-refractivity contribution in [1.82, 2.24) is 9.88 Å². The normalized spacial score (nSPS) is 16.0. The van der Waals surface area contributed by atoms with Crippen LogP contribution in [-0.2, 0) is 16.1 Å². The number of para-hydroxylation sites is 1. The Balaban J connectivity index is 1.52. The predicted octanol–water partition coefficient (Wildman–Crippen LogP) is 2.88. The number of hydrogen-bond acceptors (Lipinski definition) is 2. The summed E-state index contributed by atoms with van der Waals surface area (Å²) < 4.78 is 7.57. The molecule has 118 valence electrons. The number of nitrogens with one attached hydrogen (secondary N) is 1. The highest BCUT2D eigenvalue weighted by Crippen LogP contribution is 2.19. The molecule has 4 nitrogen and oxygen atoms in total. The van der Waals surface area contributed by atoms with E-state index in [4.69, 9.17) is 4.74 Å². The van der Waals surface area contributed by atoms with E-state index in [0.29, 0.717) is 12.3 Å². The molecular formula is C18H24N2O2. The summed E-state index contributed by atoms with van der Waals surface area (Å²) in [5.41, 5.74) is 2.41. The molecule has 1 fully saturated rings. The third-order valence-corrected chi connectivity index (χ3v) is 4.51. The second-order valence-corrected chi connectivity index (χ2v) is 6.11. The van der Waals surface area contributed by atoms with E-state index < -0.39 is 0 Å². The number of fused-ring (bicyclic) bond motifs is 1. The Hall–Kier alpha value is -1.81. The number of hydrogen-bond donors (Lipinski definition) is 1. The first-order valence-corrected chi connectivity index (χ1v) is 8.13. The highest BCUT2D eigenvalue weighted by atomic mass is 16.5. The van der Waals surface area contributed by atoms with Crippen molar-refractivity contribution < 1.29 is 9.53 Å². The van der Waals surface area contributed by atoms with E-state index in [1.54, 1.807) is 0 Å². The number of ether oxygens (including phenoxy) is 1. The SMILES string of the molecule is Cc1cc2ccccc2n1CCC(=O)NCC1CCOCC1. The van der Waals surface area contributed by atoms with Gasteiger partial charge < -0.3 is 14.6 Å². The number of benzene rings is 1. The second-order valence-electron chi connectivity index (χ2n) is 6.11. The van der Waals surface area contributed by atoms with Gasteiger partial charge in [-0.3, -0.25) is 4.79 Å². The fraction of sp³-hybridized carbons (Fsp3) is 0.500. The molecule has 0 aliphatic carbocycles. The van der Waals surface area contributed by atoms with Crippen LogP contribution in [0.1, 0.15) is 25.0 Å². The summed E-state index contributed by atoms with van der Waals surface area (Å²) in [7, 11) is 0. The predicted molar refractivity (Wildman–Crippen MR) is 87.8 cm³/mol. The van der Waals surface area contributed by atoms with Crippen molar-refractivity contribution in [2.75, 3.05) is 19.8 Å². The van der Waals surface area contributed by atoms with Gasteiger partial charge in [0.2, 0.25) is 5.91 Å². The highest BCUT2D eigenvalue weighted by Gasteiger charge is 2.14. The van der Waals surface area contributed by atoms with Crippen LogP contribution in [0.4, 0.5) is 0 Å². The van der Waals surface area contributed by atoms with Crippen molar-refractivity contribution >= 4 is 16.8 Å². The van der Waals surface area contributed by atoms with Crippen molar-refractivity contribution in [2.24, 2.45) is 5.92 Å². The zero-order valence-corrected chi connectivity index (χ0v) is 13.2. The fourth-order valence-corrected chi connectivity index (χ4v) is 3.16. The van der Waals surface area contributed by atoms with E-state index in [2.05, 4.69) is 35.0 Å². The highest BCUT2D eigenvalue weighted by molar-refractivity contribution is 5.81. The number of carbonyl (C=O) groups excluding carboxylic acids is 1. The maximum Gasteiger partial charge on any atom is 0.221 e. The minimum Gasteiger partial charge on any atom is -0.381 e. The third kappa shape index (κ3) is 3.50. The molecule has 1 aliphatic rings. The molecule has 2 aromatic rings.